The van der Waals surface area contributed by atoms with Gasteiger partial charge in [0.15, 0.2) is 0 Å². The molecule has 34 heavy (non-hydrogen) atoms. The number of nitro benzene ring substituents is 1. The maximum atomic E-state index is 12.8. The van der Waals surface area contributed by atoms with E-state index in [1.165, 1.54) is 13.2 Å². The van der Waals surface area contributed by atoms with Crippen molar-refractivity contribution in [1.82, 2.24) is 5.32 Å². The second kappa shape index (κ2) is 10.7. The van der Waals surface area contributed by atoms with Crippen molar-refractivity contribution in [2.45, 2.75) is 6.42 Å². The second-order valence-electron chi connectivity index (χ2n) is 7.38. The number of non-ortho nitro benzene ring substituents is 1. The average Bonchev–Trinajstić information content (AvgIpc) is 2.86. The fourth-order valence-corrected chi connectivity index (χ4v) is 3.48. The maximum absolute atomic E-state index is 12.8. The van der Waals surface area contributed by atoms with Crippen LogP contribution in [0.3, 0.4) is 0 Å². The van der Waals surface area contributed by atoms with Gasteiger partial charge in [0.25, 0.3) is 11.6 Å². The standard InChI is InChI=1S/C21H18N4O6.CH6NO/c22-17-18(20(27)15-7-6-14(25(29)30)10-16(15)19(17)26)23-21(28)12-2-4-13(5-3-12)24-8-1-9-31-11-24;1-3-2/h2-7,10H,1,8-9,11,22H2,(H,23,28);1-2H3/q;+1. The van der Waals surface area contributed by atoms with Gasteiger partial charge in [-0.3, -0.25) is 24.5 Å². The van der Waals surface area contributed by atoms with Crippen LogP contribution in [0, 0.1) is 10.1 Å². The molecular formula is C22H24N5O7+. The zero-order valence-electron chi connectivity index (χ0n) is 18.4. The predicted octanol–water partition coefficient (Wildman–Crippen LogP) is 0.548. The zero-order chi connectivity index (χ0) is 24.8. The van der Waals surface area contributed by atoms with Crippen molar-refractivity contribution < 1.29 is 34.8 Å². The maximum Gasteiger partial charge on any atom is 0.270 e. The van der Waals surface area contributed by atoms with Crippen molar-refractivity contribution >= 4 is 28.8 Å². The number of carbonyl (C=O) groups is 3. The van der Waals surface area contributed by atoms with Crippen LogP contribution in [0.1, 0.15) is 37.5 Å². The Morgan fingerprint density at radius 3 is 2.44 bits per heavy atom. The van der Waals surface area contributed by atoms with Gasteiger partial charge in [-0.2, -0.15) is 0 Å². The van der Waals surface area contributed by atoms with Crippen molar-refractivity contribution in [2.24, 2.45) is 5.73 Å². The van der Waals surface area contributed by atoms with Crippen molar-refractivity contribution in [2.75, 3.05) is 31.9 Å². The summed E-state index contributed by atoms with van der Waals surface area (Å²) in [7, 11) is 1.51. The Hall–Kier alpha value is -4.13. The largest absolute Gasteiger partial charge is 0.394 e. The van der Waals surface area contributed by atoms with Gasteiger partial charge in [0.2, 0.25) is 11.6 Å². The van der Waals surface area contributed by atoms with E-state index < -0.39 is 28.1 Å². The number of benzene rings is 2. The molecule has 0 saturated carbocycles. The quantitative estimate of drug-likeness (QED) is 0.424. The summed E-state index contributed by atoms with van der Waals surface area (Å²) >= 11 is 0. The van der Waals surface area contributed by atoms with Crippen molar-refractivity contribution in [1.29, 1.82) is 0 Å². The van der Waals surface area contributed by atoms with Gasteiger partial charge >= 0.3 is 0 Å². The van der Waals surface area contributed by atoms with E-state index in [2.05, 4.69) is 16.1 Å². The minimum Gasteiger partial charge on any atom is -0.394 e. The number of nitrogens with one attached hydrogen (secondary N) is 1. The number of anilines is 1. The van der Waals surface area contributed by atoms with Crippen LogP contribution in [0.4, 0.5) is 11.4 Å². The molecule has 178 valence electrons. The SMILES string of the molecule is CO[NH3+].NC1=C(NC(=O)c2ccc(N3CCCOC3)cc2)C(=O)c2ccc([N+](=O)[O-])cc2C1=O. The van der Waals surface area contributed by atoms with Gasteiger partial charge in [-0.1, -0.05) is 0 Å². The lowest BCUT2D eigenvalue weighted by Crippen LogP contribution is -2.46. The Balaban J connectivity index is 0.00000103. The molecule has 0 unspecified atom stereocenters. The van der Waals surface area contributed by atoms with E-state index in [0.717, 1.165) is 37.4 Å². The Morgan fingerprint density at radius 2 is 1.85 bits per heavy atom. The number of Topliss-reactive ketones (excluding diaryl/α,β-unsaturated/α-hetero) is 2. The number of carbonyl (C=O) groups excluding carboxylic acids is 3. The number of fused-ring (bicyclic) bond motifs is 1. The van der Waals surface area contributed by atoms with Crippen LogP contribution in [-0.2, 0) is 9.57 Å². The summed E-state index contributed by atoms with van der Waals surface area (Å²) in [6.45, 7) is 2.04. The van der Waals surface area contributed by atoms with Crippen LogP contribution in [0.5, 0.6) is 0 Å². The fraction of sp³-hybridized carbons (Fsp3) is 0.227. The van der Waals surface area contributed by atoms with E-state index in [1.54, 1.807) is 24.3 Å². The van der Waals surface area contributed by atoms with E-state index in [-0.39, 0.29) is 28.1 Å². The summed E-state index contributed by atoms with van der Waals surface area (Å²) in [5.41, 5.74) is 5.62. The summed E-state index contributed by atoms with van der Waals surface area (Å²) in [6, 6.07) is 10.0. The lowest BCUT2D eigenvalue weighted by atomic mass is 9.90. The number of allylic oxidation sites excluding steroid dienone is 2. The number of quaternary nitrogens is 1. The van der Waals surface area contributed by atoms with Gasteiger partial charge in [0.05, 0.1) is 18.6 Å². The van der Waals surface area contributed by atoms with Gasteiger partial charge in [-0.25, -0.2) is 10.7 Å². The Bertz CT molecular complexity index is 1150. The Morgan fingerprint density at radius 1 is 1.18 bits per heavy atom. The molecule has 1 aliphatic carbocycles. The number of ether oxygens (including phenoxy) is 1. The molecule has 2 aliphatic rings. The zero-order valence-corrected chi connectivity index (χ0v) is 18.4. The highest BCUT2D eigenvalue weighted by Crippen LogP contribution is 2.27. The molecule has 1 heterocycles. The molecule has 0 radical (unpaired) electrons. The minimum absolute atomic E-state index is 0.0550. The first kappa shape index (κ1) is 24.5. The summed E-state index contributed by atoms with van der Waals surface area (Å²) in [5.74, 6) is 0.942. The summed E-state index contributed by atoms with van der Waals surface area (Å²) in [6.07, 6.45) is 0.913. The van der Waals surface area contributed by atoms with Crippen LogP contribution < -0.4 is 21.8 Å². The first-order valence-corrected chi connectivity index (χ1v) is 10.2. The van der Waals surface area contributed by atoms with E-state index in [9.17, 15) is 24.5 Å². The molecule has 0 atom stereocenters. The first-order chi connectivity index (χ1) is 16.3. The molecule has 4 rings (SSSR count). The number of ketones is 2. The molecule has 0 spiro atoms. The van der Waals surface area contributed by atoms with Crippen molar-refractivity contribution in [3.05, 3.63) is 80.7 Å². The minimum atomic E-state index is -0.756. The van der Waals surface area contributed by atoms with Gasteiger partial charge in [0.1, 0.15) is 18.1 Å². The van der Waals surface area contributed by atoms with Crippen molar-refractivity contribution in [3.8, 4) is 0 Å². The number of nitrogens with zero attached hydrogens (tertiary/aromatic N) is 2. The van der Waals surface area contributed by atoms with Crippen LogP contribution in [0.2, 0.25) is 0 Å². The normalized spacial score (nSPS) is 15.3. The third-order valence-electron chi connectivity index (χ3n) is 5.14. The molecule has 12 heteroatoms. The van der Waals surface area contributed by atoms with E-state index in [1.807, 2.05) is 4.90 Å². The number of nitrogens with two attached hydrogens (primary N) is 1. The van der Waals surface area contributed by atoms with E-state index in [4.69, 9.17) is 10.5 Å². The average molecular weight is 470 g/mol. The summed E-state index contributed by atoms with van der Waals surface area (Å²) in [5, 5.41) is 13.4. The number of hydrogen-bond acceptors (Lipinski definition) is 9. The van der Waals surface area contributed by atoms with Gasteiger partial charge in [-0.15, -0.1) is 0 Å². The molecule has 1 amide bonds. The second-order valence-corrected chi connectivity index (χ2v) is 7.38. The summed E-state index contributed by atoms with van der Waals surface area (Å²) in [4.78, 5) is 54.3. The molecule has 2 aromatic carbocycles. The third-order valence-corrected chi connectivity index (χ3v) is 5.14. The Kier molecular flexibility index (Phi) is 7.68. The highest BCUT2D eigenvalue weighted by molar-refractivity contribution is 6.27. The predicted molar refractivity (Wildman–Crippen MR) is 120 cm³/mol. The highest BCUT2D eigenvalue weighted by Gasteiger charge is 2.33. The van der Waals surface area contributed by atoms with Crippen LogP contribution in [0.15, 0.2) is 53.9 Å². The van der Waals surface area contributed by atoms with Gasteiger partial charge in [0, 0.05) is 41.1 Å². The van der Waals surface area contributed by atoms with E-state index in [0.29, 0.717) is 6.73 Å². The molecule has 0 aromatic heterocycles. The van der Waals surface area contributed by atoms with Gasteiger partial charge in [-0.05, 0) is 36.8 Å². The molecular weight excluding hydrogens is 446 g/mol. The monoisotopic (exact) mass is 470 g/mol. The molecule has 1 saturated heterocycles. The molecule has 12 nitrogen and oxygen atoms in total. The molecule has 0 bridgehead atoms. The fourth-order valence-electron chi connectivity index (χ4n) is 3.48. The number of hydrogen-bond donors (Lipinski definition) is 3. The highest BCUT2D eigenvalue weighted by atomic mass is 16.6. The molecule has 2 aromatic rings. The third kappa shape index (κ3) is 5.09. The molecule has 1 fully saturated rings. The summed E-state index contributed by atoms with van der Waals surface area (Å²) < 4.78 is 5.42. The first-order valence-electron chi connectivity index (χ1n) is 10.2. The number of nitro groups is 1. The molecule has 6 N–H and O–H groups in total. The molecule has 1 aliphatic heterocycles. The lowest BCUT2D eigenvalue weighted by Gasteiger charge is -2.28. The topological polar surface area (TPSA) is 182 Å². The smallest absolute Gasteiger partial charge is 0.270 e. The van der Waals surface area contributed by atoms with Crippen molar-refractivity contribution in [3.63, 3.8) is 0 Å². The van der Waals surface area contributed by atoms with Crippen LogP contribution >= 0.6 is 0 Å². The van der Waals surface area contributed by atoms with Crippen LogP contribution in [-0.4, -0.2) is 49.4 Å². The number of rotatable bonds is 4. The Labute approximate surface area is 194 Å². The van der Waals surface area contributed by atoms with Gasteiger partial charge < -0.3 is 20.7 Å². The lowest BCUT2D eigenvalue weighted by molar-refractivity contribution is -0.679. The van der Waals surface area contributed by atoms with Crippen LogP contribution in [0.25, 0.3) is 0 Å². The number of amides is 1. The van der Waals surface area contributed by atoms with E-state index >= 15 is 0 Å².